The highest BCUT2D eigenvalue weighted by Crippen LogP contribution is 2.21. The van der Waals surface area contributed by atoms with E-state index in [0.717, 1.165) is 22.7 Å². The molecule has 90 valence electrons. The maximum atomic E-state index is 6.15. The molecular formula is C13H16N2OS. The highest BCUT2D eigenvalue weighted by Gasteiger charge is 2.09. The molecule has 0 aliphatic carbocycles. The minimum Gasteiger partial charge on any atom is -0.497 e. The molecule has 0 spiro atoms. The van der Waals surface area contributed by atoms with Gasteiger partial charge in [-0.2, -0.15) is 0 Å². The Labute approximate surface area is 105 Å². The molecule has 3 nitrogen and oxygen atoms in total. The Morgan fingerprint density at radius 1 is 1.35 bits per heavy atom. The monoisotopic (exact) mass is 248 g/mol. The molecule has 0 bridgehead atoms. The minimum atomic E-state index is -0.00791. The third-order valence-electron chi connectivity index (χ3n) is 2.61. The van der Waals surface area contributed by atoms with E-state index in [4.69, 9.17) is 10.5 Å². The predicted octanol–water partition coefficient (Wildman–Crippen LogP) is 2.70. The molecule has 2 N–H and O–H groups in total. The number of rotatable bonds is 4. The molecule has 1 unspecified atom stereocenters. The zero-order chi connectivity index (χ0) is 12.3. The largest absolute Gasteiger partial charge is 0.497 e. The van der Waals surface area contributed by atoms with Gasteiger partial charge in [0.2, 0.25) is 0 Å². The lowest BCUT2D eigenvalue weighted by Crippen LogP contribution is -2.13. The zero-order valence-corrected chi connectivity index (χ0v) is 10.8. The third-order valence-corrected chi connectivity index (χ3v) is 3.54. The van der Waals surface area contributed by atoms with E-state index in [1.165, 1.54) is 4.88 Å². The molecule has 0 radical (unpaired) electrons. The van der Waals surface area contributed by atoms with E-state index in [1.807, 2.05) is 30.5 Å². The van der Waals surface area contributed by atoms with E-state index >= 15 is 0 Å². The number of hydrogen-bond donors (Lipinski definition) is 1. The molecule has 4 heteroatoms. The van der Waals surface area contributed by atoms with E-state index in [2.05, 4.69) is 11.9 Å². The van der Waals surface area contributed by atoms with E-state index in [1.54, 1.807) is 18.4 Å². The van der Waals surface area contributed by atoms with Crippen molar-refractivity contribution in [2.45, 2.75) is 19.4 Å². The Kier molecular flexibility index (Phi) is 3.76. The van der Waals surface area contributed by atoms with Crippen molar-refractivity contribution in [2.75, 3.05) is 7.11 Å². The van der Waals surface area contributed by atoms with Crippen LogP contribution in [0.4, 0.5) is 0 Å². The first kappa shape index (κ1) is 12.1. The van der Waals surface area contributed by atoms with Crippen molar-refractivity contribution < 1.29 is 4.74 Å². The molecular weight excluding hydrogens is 232 g/mol. The van der Waals surface area contributed by atoms with Gasteiger partial charge in [0, 0.05) is 23.5 Å². The molecule has 0 saturated heterocycles. The van der Waals surface area contributed by atoms with E-state index in [-0.39, 0.29) is 6.04 Å². The third kappa shape index (κ3) is 3.05. The Hall–Kier alpha value is -1.39. The highest BCUT2D eigenvalue weighted by atomic mass is 32.1. The number of thiazole rings is 1. The summed E-state index contributed by atoms with van der Waals surface area (Å²) in [6, 6.07) is 7.87. The second-order valence-electron chi connectivity index (χ2n) is 3.95. The smallest absolute Gasteiger partial charge is 0.118 e. The molecule has 0 amide bonds. The lowest BCUT2D eigenvalue weighted by Gasteiger charge is -2.10. The summed E-state index contributed by atoms with van der Waals surface area (Å²) in [5.41, 5.74) is 7.26. The van der Waals surface area contributed by atoms with E-state index in [9.17, 15) is 0 Å². The van der Waals surface area contributed by atoms with Crippen LogP contribution in [0, 0.1) is 6.92 Å². The maximum absolute atomic E-state index is 6.15. The van der Waals surface area contributed by atoms with Crippen molar-refractivity contribution in [1.82, 2.24) is 4.98 Å². The number of nitrogens with two attached hydrogens (primary N) is 1. The summed E-state index contributed by atoms with van der Waals surface area (Å²) in [4.78, 5) is 5.55. The van der Waals surface area contributed by atoms with Crippen LogP contribution in [0.25, 0.3) is 0 Å². The zero-order valence-electron chi connectivity index (χ0n) is 10.0. The van der Waals surface area contributed by atoms with Gasteiger partial charge in [0.05, 0.1) is 12.1 Å². The number of benzene rings is 1. The molecule has 0 fully saturated rings. The fourth-order valence-electron chi connectivity index (χ4n) is 1.65. The maximum Gasteiger partial charge on any atom is 0.118 e. The molecule has 2 rings (SSSR count). The predicted molar refractivity (Wildman–Crippen MR) is 70.5 cm³/mol. The van der Waals surface area contributed by atoms with E-state index in [0.29, 0.717) is 0 Å². The molecule has 2 aromatic rings. The van der Waals surface area contributed by atoms with Crippen molar-refractivity contribution in [3.05, 3.63) is 45.9 Å². The number of aryl methyl sites for hydroxylation is 1. The van der Waals surface area contributed by atoms with Crippen LogP contribution in [0.15, 0.2) is 30.5 Å². The molecule has 1 aromatic heterocycles. The molecule has 0 aliphatic rings. The van der Waals surface area contributed by atoms with Crippen LogP contribution in [0.2, 0.25) is 0 Å². The van der Waals surface area contributed by atoms with Crippen LogP contribution < -0.4 is 10.5 Å². The molecule has 17 heavy (non-hydrogen) atoms. The quantitative estimate of drug-likeness (QED) is 0.905. The summed E-state index contributed by atoms with van der Waals surface area (Å²) in [5, 5.41) is 1.09. The van der Waals surface area contributed by atoms with Crippen LogP contribution in [0.3, 0.4) is 0 Å². The average Bonchev–Trinajstić information content (AvgIpc) is 2.75. The van der Waals surface area contributed by atoms with Gasteiger partial charge in [0.1, 0.15) is 5.75 Å². The fraction of sp³-hybridized carbons (Fsp3) is 0.308. The molecule has 0 aliphatic heterocycles. The summed E-state index contributed by atoms with van der Waals surface area (Å²) in [5.74, 6) is 0.853. The Bertz CT molecular complexity index is 478. The van der Waals surface area contributed by atoms with Crippen molar-refractivity contribution in [2.24, 2.45) is 5.73 Å². The van der Waals surface area contributed by atoms with Crippen molar-refractivity contribution in [1.29, 1.82) is 0 Å². The van der Waals surface area contributed by atoms with Crippen LogP contribution >= 0.6 is 11.3 Å². The van der Waals surface area contributed by atoms with Crippen molar-refractivity contribution in [3.8, 4) is 5.75 Å². The number of ether oxygens (including phenoxy) is 1. The standard InChI is InChI=1S/C13H16N2OS/c1-9-8-15-13(17-9)7-12(14)10-3-5-11(16-2)6-4-10/h3-6,8,12H,7,14H2,1-2H3. The van der Waals surface area contributed by atoms with Crippen molar-refractivity contribution >= 4 is 11.3 Å². The first-order chi connectivity index (χ1) is 8.19. The van der Waals surface area contributed by atoms with Crippen LogP contribution in [0.1, 0.15) is 21.5 Å². The van der Waals surface area contributed by atoms with Crippen LogP contribution in [0.5, 0.6) is 5.75 Å². The minimum absolute atomic E-state index is 0.00791. The Balaban J connectivity index is 2.06. The summed E-state index contributed by atoms with van der Waals surface area (Å²) >= 11 is 1.70. The SMILES string of the molecule is COc1ccc(C(N)Cc2ncc(C)s2)cc1. The molecule has 1 heterocycles. The summed E-state index contributed by atoms with van der Waals surface area (Å²) in [6.45, 7) is 2.06. The lowest BCUT2D eigenvalue weighted by molar-refractivity contribution is 0.414. The number of nitrogens with zero attached hydrogens (tertiary/aromatic N) is 1. The van der Waals surface area contributed by atoms with Gasteiger partial charge in [-0.15, -0.1) is 11.3 Å². The topological polar surface area (TPSA) is 48.1 Å². The van der Waals surface area contributed by atoms with Gasteiger partial charge in [0.15, 0.2) is 0 Å². The van der Waals surface area contributed by atoms with Crippen LogP contribution in [-0.2, 0) is 6.42 Å². The van der Waals surface area contributed by atoms with Gasteiger partial charge in [-0.25, -0.2) is 4.98 Å². The average molecular weight is 248 g/mol. The second-order valence-corrected chi connectivity index (χ2v) is 5.27. The molecule has 1 aromatic carbocycles. The highest BCUT2D eigenvalue weighted by molar-refractivity contribution is 7.11. The van der Waals surface area contributed by atoms with Crippen LogP contribution in [-0.4, -0.2) is 12.1 Å². The van der Waals surface area contributed by atoms with Gasteiger partial charge >= 0.3 is 0 Å². The summed E-state index contributed by atoms with van der Waals surface area (Å²) in [6.07, 6.45) is 2.67. The first-order valence-electron chi connectivity index (χ1n) is 5.50. The van der Waals surface area contributed by atoms with Gasteiger partial charge in [-0.1, -0.05) is 12.1 Å². The number of methoxy groups -OCH3 is 1. The second kappa shape index (κ2) is 5.29. The lowest BCUT2D eigenvalue weighted by atomic mass is 10.1. The van der Waals surface area contributed by atoms with Crippen molar-refractivity contribution in [3.63, 3.8) is 0 Å². The number of aromatic nitrogens is 1. The molecule has 1 atom stereocenters. The summed E-state index contributed by atoms with van der Waals surface area (Å²) < 4.78 is 5.12. The summed E-state index contributed by atoms with van der Waals surface area (Å²) in [7, 11) is 1.66. The first-order valence-corrected chi connectivity index (χ1v) is 6.31. The van der Waals surface area contributed by atoms with Gasteiger partial charge in [-0.05, 0) is 24.6 Å². The Morgan fingerprint density at radius 3 is 2.59 bits per heavy atom. The van der Waals surface area contributed by atoms with Gasteiger partial charge in [0.25, 0.3) is 0 Å². The van der Waals surface area contributed by atoms with E-state index < -0.39 is 0 Å². The number of hydrogen-bond acceptors (Lipinski definition) is 4. The molecule has 0 saturated carbocycles. The van der Waals surface area contributed by atoms with Gasteiger partial charge < -0.3 is 10.5 Å². The van der Waals surface area contributed by atoms with Gasteiger partial charge in [-0.3, -0.25) is 0 Å². The Morgan fingerprint density at radius 2 is 2.06 bits per heavy atom. The normalized spacial score (nSPS) is 12.4. The fourth-order valence-corrected chi connectivity index (χ4v) is 2.50.